The van der Waals surface area contributed by atoms with Crippen LogP contribution in [0.5, 0.6) is 5.75 Å². The van der Waals surface area contributed by atoms with Crippen LogP contribution >= 0.6 is 0 Å². The average Bonchev–Trinajstić information content (AvgIpc) is 3.03. The zero-order valence-electron chi connectivity index (χ0n) is 16.5. The van der Waals surface area contributed by atoms with Gasteiger partial charge in [0.15, 0.2) is 5.70 Å². The van der Waals surface area contributed by atoms with Crippen LogP contribution in [0.15, 0.2) is 59.2 Å². The molecule has 0 fully saturated rings. The fraction of sp³-hybridized carbons (Fsp3) is 0.261. The van der Waals surface area contributed by atoms with Gasteiger partial charge in [-0.05, 0) is 46.9 Å². The maximum atomic E-state index is 12.2. The Morgan fingerprint density at radius 2 is 1.71 bits per heavy atom. The highest BCUT2D eigenvalue weighted by molar-refractivity contribution is 6.12. The van der Waals surface area contributed by atoms with E-state index in [-0.39, 0.29) is 17.1 Å². The van der Waals surface area contributed by atoms with Crippen molar-refractivity contribution in [1.82, 2.24) is 0 Å². The molecule has 144 valence electrons. The van der Waals surface area contributed by atoms with E-state index in [1.165, 1.54) is 5.56 Å². The van der Waals surface area contributed by atoms with Crippen LogP contribution in [-0.4, -0.2) is 17.8 Å². The van der Waals surface area contributed by atoms with Gasteiger partial charge < -0.3 is 9.47 Å². The van der Waals surface area contributed by atoms with Crippen LogP contribution in [0, 0.1) is 0 Å². The first-order chi connectivity index (χ1) is 13.3. The first-order valence-electron chi connectivity index (χ1n) is 9.20. The first-order valence-corrected chi connectivity index (χ1v) is 9.20. The van der Waals surface area contributed by atoms with Gasteiger partial charge in [0.05, 0.1) is 0 Å². The highest BCUT2D eigenvalue weighted by Gasteiger charge is 2.24. The number of nitrogens with zero attached hydrogens (tertiary/aromatic N) is 1. The van der Waals surface area contributed by atoms with Gasteiger partial charge in [-0.15, -0.1) is 0 Å². The third-order valence-corrected chi connectivity index (χ3v) is 4.32. The number of aliphatic imine (C=N–C) groups is 1. The van der Waals surface area contributed by atoms with Gasteiger partial charge in [0.1, 0.15) is 5.75 Å². The molecule has 28 heavy (non-hydrogen) atoms. The number of hydrogen-bond acceptors (Lipinski definition) is 5. The number of hydrogen-bond donors (Lipinski definition) is 0. The smallest absolute Gasteiger partial charge is 0.363 e. The Kier molecular flexibility index (Phi) is 5.45. The van der Waals surface area contributed by atoms with E-state index in [1.807, 2.05) is 24.3 Å². The van der Waals surface area contributed by atoms with Crippen LogP contribution < -0.4 is 4.74 Å². The molecule has 3 rings (SSSR count). The number of esters is 2. The molecule has 0 amide bonds. The fourth-order valence-corrected chi connectivity index (χ4v) is 2.64. The summed E-state index contributed by atoms with van der Waals surface area (Å²) in [5, 5.41) is 0. The predicted octanol–water partition coefficient (Wildman–Crippen LogP) is 4.64. The number of benzene rings is 2. The van der Waals surface area contributed by atoms with Crippen molar-refractivity contribution in [2.24, 2.45) is 4.99 Å². The van der Waals surface area contributed by atoms with Gasteiger partial charge in [-0.25, -0.2) is 9.79 Å². The van der Waals surface area contributed by atoms with Crippen molar-refractivity contribution >= 4 is 23.9 Å². The molecule has 1 heterocycles. The minimum absolute atomic E-state index is 0.0510. The second-order valence-corrected chi connectivity index (χ2v) is 7.56. The van der Waals surface area contributed by atoms with Crippen LogP contribution in [0.2, 0.25) is 0 Å². The number of carbonyl (C=O) groups excluding carboxylic acids is 2. The highest BCUT2D eigenvalue weighted by Crippen LogP contribution is 2.24. The van der Waals surface area contributed by atoms with E-state index in [1.54, 1.807) is 37.3 Å². The van der Waals surface area contributed by atoms with Gasteiger partial charge >= 0.3 is 11.9 Å². The zero-order chi connectivity index (χ0) is 20.3. The summed E-state index contributed by atoms with van der Waals surface area (Å²) in [5.41, 5.74) is 2.99. The molecule has 0 bridgehead atoms. The monoisotopic (exact) mass is 377 g/mol. The van der Waals surface area contributed by atoms with E-state index >= 15 is 0 Å². The number of cyclic esters (lactones) is 1. The molecule has 0 unspecified atom stereocenters. The van der Waals surface area contributed by atoms with Crippen molar-refractivity contribution in [2.45, 2.75) is 39.5 Å². The molecule has 0 aliphatic carbocycles. The largest absolute Gasteiger partial charge is 0.427 e. The molecule has 2 aromatic rings. The third-order valence-electron chi connectivity index (χ3n) is 4.32. The summed E-state index contributed by atoms with van der Waals surface area (Å²) in [6.07, 6.45) is 1.95. The lowest BCUT2D eigenvalue weighted by Crippen LogP contribution is -2.11. The normalized spacial score (nSPS) is 15.4. The standard InChI is InChI=1S/C23H23NO4/c1-5-20(25)27-18-12-6-15(7-13-18)14-19-22(26)28-21(24-19)16-8-10-17(11-9-16)23(2,3)4/h6-14H,5H2,1-4H3. The minimum atomic E-state index is -0.489. The molecular weight excluding hydrogens is 354 g/mol. The topological polar surface area (TPSA) is 65.0 Å². The Balaban J connectivity index is 1.78. The van der Waals surface area contributed by atoms with E-state index in [0.717, 1.165) is 11.1 Å². The van der Waals surface area contributed by atoms with Gasteiger partial charge in [0.25, 0.3) is 0 Å². The quantitative estimate of drug-likeness (QED) is 0.442. The van der Waals surface area contributed by atoms with Crippen molar-refractivity contribution in [3.05, 3.63) is 70.9 Å². The van der Waals surface area contributed by atoms with E-state index in [9.17, 15) is 9.59 Å². The van der Waals surface area contributed by atoms with Crippen LogP contribution in [0.3, 0.4) is 0 Å². The molecule has 5 heteroatoms. The Hall–Kier alpha value is -3.21. The van der Waals surface area contributed by atoms with Crippen molar-refractivity contribution in [1.29, 1.82) is 0 Å². The second-order valence-electron chi connectivity index (χ2n) is 7.56. The van der Waals surface area contributed by atoms with Crippen molar-refractivity contribution < 1.29 is 19.1 Å². The van der Waals surface area contributed by atoms with Gasteiger partial charge in [-0.2, -0.15) is 0 Å². The molecule has 0 aromatic heterocycles. The van der Waals surface area contributed by atoms with E-state index in [0.29, 0.717) is 18.1 Å². The van der Waals surface area contributed by atoms with Crippen LogP contribution in [-0.2, 0) is 19.7 Å². The molecule has 0 saturated heterocycles. The molecule has 0 saturated carbocycles. The first kappa shape index (κ1) is 19.5. The Bertz CT molecular complexity index is 946. The van der Waals surface area contributed by atoms with Crippen molar-refractivity contribution in [2.75, 3.05) is 0 Å². The van der Waals surface area contributed by atoms with E-state index in [2.05, 4.69) is 25.8 Å². The minimum Gasteiger partial charge on any atom is -0.427 e. The average molecular weight is 377 g/mol. The lowest BCUT2D eigenvalue weighted by Gasteiger charge is -2.18. The van der Waals surface area contributed by atoms with Gasteiger partial charge in [-0.3, -0.25) is 4.79 Å². The van der Waals surface area contributed by atoms with Gasteiger partial charge in [0, 0.05) is 12.0 Å². The summed E-state index contributed by atoms with van der Waals surface area (Å²) < 4.78 is 10.5. The van der Waals surface area contributed by atoms with Gasteiger partial charge in [-0.1, -0.05) is 52.0 Å². The Morgan fingerprint density at radius 3 is 2.29 bits per heavy atom. The summed E-state index contributed by atoms with van der Waals surface area (Å²) in [6.45, 7) is 8.17. The SMILES string of the molecule is CCC(=O)Oc1ccc(C=C2N=C(c3ccc(C(C)(C)C)cc3)OC2=O)cc1. The number of carbonyl (C=O) groups is 2. The molecule has 2 aromatic carbocycles. The van der Waals surface area contributed by atoms with Crippen molar-refractivity contribution in [3.63, 3.8) is 0 Å². The van der Waals surface area contributed by atoms with Crippen molar-refractivity contribution in [3.8, 4) is 5.75 Å². The third kappa shape index (κ3) is 4.55. The lowest BCUT2D eigenvalue weighted by atomic mass is 9.87. The van der Waals surface area contributed by atoms with E-state index < -0.39 is 5.97 Å². The molecule has 0 radical (unpaired) electrons. The Labute approximate surface area is 164 Å². The number of rotatable bonds is 4. The van der Waals surface area contributed by atoms with Crippen LogP contribution in [0.4, 0.5) is 0 Å². The Morgan fingerprint density at radius 1 is 1.07 bits per heavy atom. The molecular formula is C23H23NO4. The molecule has 0 spiro atoms. The summed E-state index contributed by atoms with van der Waals surface area (Å²) >= 11 is 0. The highest BCUT2D eigenvalue weighted by atomic mass is 16.6. The van der Waals surface area contributed by atoms with Crippen LogP contribution in [0.25, 0.3) is 6.08 Å². The summed E-state index contributed by atoms with van der Waals surface area (Å²) in [6, 6.07) is 14.7. The maximum absolute atomic E-state index is 12.2. The summed E-state index contributed by atoms with van der Waals surface area (Å²) in [7, 11) is 0. The molecule has 0 N–H and O–H groups in total. The predicted molar refractivity (Wildman–Crippen MR) is 108 cm³/mol. The summed E-state index contributed by atoms with van der Waals surface area (Å²) in [4.78, 5) is 27.8. The molecule has 1 aliphatic heterocycles. The zero-order valence-corrected chi connectivity index (χ0v) is 16.5. The van der Waals surface area contributed by atoms with Crippen LogP contribution in [0.1, 0.15) is 50.8 Å². The lowest BCUT2D eigenvalue weighted by molar-refractivity contribution is -0.134. The maximum Gasteiger partial charge on any atom is 0.363 e. The molecule has 5 nitrogen and oxygen atoms in total. The summed E-state index contributed by atoms with van der Waals surface area (Å²) in [5.74, 6) is -0.0232. The molecule has 1 aliphatic rings. The van der Waals surface area contributed by atoms with E-state index in [4.69, 9.17) is 9.47 Å². The molecule has 0 atom stereocenters. The number of ether oxygens (including phenoxy) is 2. The van der Waals surface area contributed by atoms with Gasteiger partial charge in [0.2, 0.25) is 5.90 Å². The second kappa shape index (κ2) is 7.80. The fourth-order valence-electron chi connectivity index (χ4n) is 2.64.